The van der Waals surface area contributed by atoms with Crippen LogP contribution in [0, 0.1) is 10.8 Å². The maximum atomic E-state index is 3.65. The summed E-state index contributed by atoms with van der Waals surface area (Å²) < 4.78 is 0. The Morgan fingerprint density at radius 1 is 0.778 bits per heavy atom. The van der Waals surface area contributed by atoms with Gasteiger partial charge in [0.05, 0.1) is 0 Å². The molecule has 0 aromatic carbocycles. The summed E-state index contributed by atoms with van der Waals surface area (Å²) in [6.45, 7) is 9.25. The highest BCUT2D eigenvalue weighted by molar-refractivity contribution is 8.03. The van der Waals surface area contributed by atoms with Gasteiger partial charge < -0.3 is 0 Å². The first kappa shape index (κ1) is 18.1. The molecule has 0 unspecified atom stereocenters. The van der Waals surface area contributed by atoms with Crippen LogP contribution in [-0.4, -0.2) is 13.8 Å². The van der Waals surface area contributed by atoms with E-state index in [1.807, 2.05) is 11.8 Å². The van der Waals surface area contributed by atoms with Crippen molar-refractivity contribution in [2.45, 2.75) is 84.4 Å². The quantitative estimate of drug-likeness (QED) is 0.266. The lowest BCUT2D eigenvalue weighted by atomic mass is 10.1. The molecule has 0 bridgehead atoms. The third kappa shape index (κ3) is 8.27. The normalized spacial score (nSPS) is 11.1. The summed E-state index contributed by atoms with van der Waals surface area (Å²) in [5.74, 6) is 1.24. The van der Waals surface area contributed by atoms with Crippen LogP contribution in [0.25, 0.3) is 0 Å². The zero-order valence-electron chi connectivity index (χ0n) is 13.0. The van der Waals surface area contributed by atoms with Crippen LogP contribution < -0.4 is 0 Å². The maximum Gasteiger partial charge on any atom is 0.138 e. The molecule has 0 aliphatic heterocycles. The first-order valence-corrected chi connectivity index (χ1v) is 11.5. The van der Waals surface area contributed by atoms with E-state index in [-0.39, 0.29) is 0 Å². The lowest BCUT2D eigenvalue weighted by molar-refractivity contribution is 0.627. The molecule has 0 nitrogen and oxygen atoms in total. The monoisotopic (exact) mass is 284 g/mol. The molecular formula is C16H32SSi. The van der Waals surface area contributed by atoms with Gasteiger partial charge in [-0.05, 0) is 29.8 Å². The summed E-state index contributed by atoms with van der Waals surface area (Å²) in [5.41, 5.74) is 3.65. The van der Waals surface area contributed by atoms with E-state index in [2.05, 4.69) is 38.5 Å². The third-order valence-corrected chi connectivity index (χ3v) is 9.66. The van der Waals surface area contributed by atoms with Crippen LogP contribution in [0.2, 0.25) is 18.1 Å². The highest BCUT2D eigenvalue weighted by atomic mass is 32.2. The zero-order chi connectivity index (χ0) is 13.7. The minimum Gasteiger partial charge on any atom is -0.119 e. The minimum atomic E-state index is -1.19. The van der Waals surface area contributed by atoms with E-state index >= 15 is 0 Å². The standard InChI is InChI=1S/C16H32SSi/c1-5-9-10-11-12-13-14-17-15-16-18(6-2,7-3)8-4/h5-14H2,1-4H3. The maximum absolute atomic E-state index is 3.65. The fraction of sp³-hybridized carbons (Fsp3) is 0.875. The molecule has 0 aromatic heterocycles. The molecule has 0 fully saturated rings. The summed E-state index contributed by atoms with van der Waals surface area (Å²) in [7, 11) is -1.19. The Bertz CT molecular complexity index is 227. The van der Waals surface area contributed by atoms with Gasteiger partial charge in [-0.25, -0.2) is 0 Å². The fourth-order valence-corrected chi connectivity index (χ4v) is 5.80. The predicted molar refractivity (Wildman–Crippen MR) is 90.8 cm³/mol. The molecule has 0 saturated heterocycles. The SMILES string of the molecule is CCCCCCCCSC#C[Si](CC)(CC)CC. The molecule has 0 spiro atoms. The molecule has 18 heavy (non-hydrogen) atoms. The molecule has 0 atom stereocenters. The highest BCUT2D eigenvalue weighted by Gasteiger charge is 2.23. The molecule has 0 amide bonds. The smallest absolute Gasteiger partial charge is 0.119 e. The average molecular weight is 285 g/mol. The average Bonchev–Trinajstić information content (AvgIpc) is 2.42. The Morgan fingerprint density at radius 3 is 1.89 bits per heavy atom. The Kier molecular flexibility index (Phi) is 12.3. The van der Waals surface area contributed by atoms with Gasteiger partial charge in [0.25, 0.3) is 0 Å². The Labute approximate surface area is 121 Å². The number of hydrogen-bond donors (Lipinski definition) is 0. The van der Waals surface area contributed by atoms with Crippen molar-refractivity contribution in [2.24, 2.45) is 0 Å². The van der Waals surface area contributed by atoms with Crippen molar-refractivity contribution in [1.29, 1.82) is 0 Å². The van der Waals surface area contributed by atoms with Crippen LogP contribution in [0.4, 0.5) is 0 Å². The van der Waals surface area contributed by atoms with Crippen molar-refractivity contribution in [3.63, 3.8) is 0 Å². The lowest BCUT2D eigenvalue weighted by Crippen LogP contribution is -2.29. The minimum absolute atomic E-state index is 1.19. The van der Waals surface area contributed by atoms with Crippen molar-refractivity contribution in [3.8, 4) is 10.8 Å². The summed E-state index contributed by atoms with van der Waals surface area (Å²) in [6, 6.07) is 3.97. The summed E-state index contributed by atoms with van der Waals surface area (Å²) in [6.07, 6.45) is 8.33. The van der Waals surface area contributed by atoms with E-state index in [9.17, 15) is 0 Å². The molecule has 0 N–H and O–H groups in total. The van der Waals surface area contributed by atoms with Gasteiger partial charge in [0.15, 0.2) is 0 Å². The van der Waals surface area contributed by atoms with Gasteiger partial charge in [-0.15, -0.1) is 5.54 Å². The molecule has 2 heteroatoms. The van der Waals surface area contributed by atoms with Crippen molar-refractivity contribution in [3.05, 3.63) is 0 Å². The summed E-state index contributed by atoms with van der Waals surface area (Å²) in [5, 5.41) is 3.41. The van der Waals surface area contributed by atoms with E-state index in [1.165, 1.54) is 62.4 Å². The van der Waals surface area contributed by atoms with Gasteiger partial charge in [0, 0.05) is 5.75 Å². The van der Waals surface area contributed by atoms with Crippen LogP contribution in [-0.2, 0) is 0 Å². The van der Waals surface area contributed by atoms with Gasteiger partial charge >= 0.3 is 0 Å². The van der Waals surface area contributed by atoms with Crippen LogP contribution in [0.3, 0.4) is 0 Å². The molecular weight excluding hydrogens is 252 g/mol. The van der Waals surface area contributed by atoms with Gasteiger partial charge in [-0.1, -0.05) is 71.6 Å². The van der Waals surface area contributed by atoms with Crippen LogP contribution in [0.1, 0.15) is 66.2 Å². The largest absolute Gasteiger partial charge is 0.138 e. The number of rotatable bonds is 10. The van der Waals surface area contributed by atoms with Gasteiger partial charge in [0.1, 0.15) is 8.07 Å². The molecule has 0 radical (unpaired) electrons. The third-order valence-electron chi connectivity index (χ3n) is 4.02. The second-order valence-electron chi connectivity index (χ2n) is 5.18. The molecule has 0 aliphatic rings. The van der Waals surface area contributed by atoms with E-state index in [1.54, 1.807) is 0 Å². The van der Waals surface area contributed by atoms with Crippen LogP contribution in [0.5, 0.6) is 0 Å². The zero-order valence-corrected chi connectivity index (χ0v) is 14.8. The van der Waals surface area contributed by atoms with E-state index in [0.29, 0.717) is 0 Å². The number of thioether (sulfide) groups is 1. The van der Waals surface area contributed by atoms with E-state index < -0.39 is 8.07 Å². The van der Waals surface area contributed by atoms with Crippen LogP contribution >= 0.6 is 11.8 Å². The fourth-order valence-electron chi connectivity index (χ4n) is 2.17. The lowest BCUT2D eigenvalue weighted by Gasteiger charge is -2.19. The molecule has 0 heterocycles. The molecule has 0 rings (SSSR count). The van der Waals surface area contributed by atoms with Crippen molar-refractivity contribution in [2.75, 3.05) is 5.75 Å². The molecule has 0 aliphatic carbocycles. The van der Waals surface area contributed by atoms with Crippen molar-refractivity contribution >= 4 is 19.8 Å². The van der Waals surface area contributed by atoms with Crippen molar-refractivity contribution < 1.29 is 0 Å². The van der Waals surface area contributed by atoms with E-state index in [4.69, 9.17) is 0 Å². The Morgan fingerprint density at radius 2 is 1.33 bits per heavy atom. The van der Waals surface area contributed by atoms with E-state index in [0.717, 1.165) is 0 Å². The van der Waals surface area contributed by atoms with Gasteiger partial charge in [-0.2, -0.15) is 0 Å². The number of unbranched alkanes of at least 4 members (excludes halogenated alkanes) is 5. The summed E-state index contributed by atoms with van der Waals surface area (Å²) in [4.78, 5) is 0. The Balaban J connectivity index is 3.65. The first-order chi connectivity index (χ1) is 8.74. The predicted octanol–water partition coefficient (Wildman–Crippen LogP) is 6.09. The molecule has 0 aromatic rings. The second-order valence-corrected chi connectivity index (χ2v) is 11.0. The number of hydrogen-bond acceptors (Lipinski definition) is 1. The first-order valence-electron chi connectivity index (χ1n) is 7.88. The Hall–Kier alpha value is 0.127. The van der Waals surface area contributed by atoms with Crippen molar-refractivity contribution in [1.82, 2.24) is 0 Å². The molecule has 106 valence electrons. The molecule has 0 saturated carbocycles. The topological polar surface area (TPSA) is 0 Å². The van der Waals surface area contributed by atoms with Crippen LogP contribution in [0.15, 0.2) is 0 Å². The second kappa shape index (κ2) is 12.2. The highest BCUT2D eigenvalue weighted by Crippen LogP contribution is 2.19. The van der Waals surface area contributed by atoms with Gasteiger partial charge in [-0.3, -0.25) is 0 Å². The summed E-state index contributed by atoms with van der Waals surface area (Å²) >= 11 is 1.86. The van der Waals surface area contributed by atoms with Gasteiger partial charge in [0.2, 0.25) is 0 Å².